The Hall–Kier alpha value is -1.74. The van der Waals surface area contributed by atoms with Crippen LogP contribution in [0.3, 0.4) is 0 Å². The van der Waals surface area contributed by atoms with Crippen LogP contribution in [0.1, 0.15) is 36.5 Å². The van der Waals surface area contributed by atoms with E-state index in [-0.39, 0.29) is 12.4 Å². The lowest BCUT2D eigenvalue weighted by Gasteiger charge is -2.15. The first kappa shape index (κ1) is 15.6. The highest BCUT2D eigenvalue weighted by molar-refractivity contribution is 6.31. The summed E-state index contributed by atoms with van der Waals surface area (Å²) in [5, 5.41) is 0.730. The molecule has 0 aliphatic heterocycles. The summed E-state index contributed by atoms with van der Waals surface area (Å²) < 4.78 is 19.5. The van der Waals surface area contributed by atoms with Crippen molar-refractivity contribution in [3.8, 4) is 5.75 Å². The number of nitrogen functional groups attached to an aromatic ring is 1. The summed E-state index contributed by atoms with van der Waals surface area (Å²) in [6, 6.07) is 8.41. The van der Waals surface area contributed by atoms with Gasteiger partial charge in [0.15, 0.2) is 0 Å². The molecule has 2 N–H and O–H groups in total. The van der Waals surface area contributed by atoms with Crippen LogP contribution >= 0.6 is 11.6 Å². The second kappa shape index (κ2) is 6.35. The average Bonchev–Trinajstić information content (AvgIpc) is 2.39. The van der Waals surface area contributed by atoms with Gasteiger partial charge in [-0.05, 0) is 48.2 Å². The summed E-state index contributed by atoms with van der Waals surface area (Å²) in [5.74, 6) is 0.665. The largest absolute Gasteiger partial charge is 0.489 e. The van der Waals surface area contributed by atoms with Gasteiger partial charge >= 0.3 is 0 Å². The van der Waals surface area contributed by atoms with Crippen molar-refractivity contribution in [3.05, 3.63) is 57.9 Å². The molecule has 0 amide bonds. The van der Waals surface area contributed by atoms with Crippen LogP contribution in [-0.4, -0.2) is 0 Å². The third-order valence-electron chi connectivity index (χ3n) is 3.38. The van der Waals surface area contributed by atoms with Crippen LogP contribution in [-0.2, 0) is 6.61 Å². The van der Waals surface area contributed by atoms with Crippen molar-refractivity contribution in [1.29, 1.82) is 0 Å². The van der Waals surface area contributed by atoms with Gasteiger partial charge in [0.25, 0.3) is 0 Å². The van der Waals surface area contributed by atoms with Gasteiger partial charge in [-0.3, -0.25) is 0 Å². The smallest absolute Gasteiger partial charge is 0.131 e. The minimum absolute atomic E-state index is 0.159. The minimum Gasteiger partial charge on any atom is -0.489 e. The van der Waals surface area contributed by atoms with Gasteiger partial charge in [0, 0.05) is 16.3 Å². The molecular formula is C17H19ClFNO. The van der Waals surface area contributed by atoms with E-state index in [1.54, 1.807) is 12.1 Å². The zero-order valence-electron chi connectivity index (χ0n) is 12.4. The molecule has 0 unspecified atom stereocenters. The number of aryl methyl sites for hydroxylation is 1. The SMILES string of the molecule is Cc1cc(Cl)c(C(C)C)cc1OCc1ccc(N)cc1F. The van der Waals surface area contributed by atoms with Crippen molar-refractivity contribution in [2.24, 2.45) is 0 Å². The standard InChI is InChI=1S/C17H19ClFNO/c1-10(2)14-8-17(11(3)6-15(14)18)21-9-12-4-5-13(20)7-16(12)19/h4-8,10H,9,20H2,1-3H3. The van der Waals surface area contributed by atoms with Crippen molar-refractivity contribution >= 4 is 17.3 Å². The maximum Gasteiger partial charge on any atom is 0.131 e. The summed E-state index contributed by atoms with van der Waals surface area (Å²) in [4.78, 5) is 0. The predicted octanol–water partition coefficient (Wildman–Crippen LogP) is 5.07. The first-order chi connectivity index (χ1) is 9.88. The second-order valence-electron chi connectivity index (χ2n) is 5.43. The Labute approximate surface area is 129 Å². The first-order valence-electron chi connectivity index (χ1n) is 6.85. The third-order valence-corrected chi connectivity index (χ3v) is 3.70. The van der Waals surface area contributed by atoms with Gasteiger partial charge in [-0.2, -0.15) is 0 Å². The highest BCUT2D eigenvalue weighted by Crippen LogP contribution is 2.32. The highest BCUT2D eigenvalue weighted by Gasteiger charge is 2.11. The van der Waals surface area contributed by atoms with Crippen LogP contribution in [0.5, 0.6) is 5.75 Å². The van der Waals surface area contributed by atoms with Crippen LogP contribution in [0.4, 0.5) is 10.1 Å². The van der Waals surface area contributed by atoms with Crippen LogP contribution in [0.25, 0.3) is 0 Å². The van der Waals surface area contributed by atoms with Gasteiger partial charge in [0.2, 0.25) is 0 Å². The molecule has 0 aliphatic carbocycles. The zero-order chi connectivity index (χ0) is 15.6. The summed E-state index contributed by atoms with van der Waals surface area (Å²) in [7, 11) is 0. The fourth-order valence-corrected chi connectivity index (χ4v) is 2.54. The summed E-state index contributed by atoms with van der Waals surface area (Å²) >= 11 is 6.23. The molecule has 0 bridgehead atoms. The molecule has 0 heterocycles. The predicted molar refractivity (Wildman–Crippen MR) is 85.4 cm³/mol. The molecule has 0 fully saturated rings. The van der Waals surface area contributed by atoms with Gasteiger partial charge in [0.05, 0.1) is 0 Å². The van der Waals surface area contributed by atoms with Crippen molar-refractivity contribution in [1.82, 2.24) is 0 Å². The Morgan fingerprint density at radius 3 is 2.57 bits per heavy atom. The fourth-order valence-electron chi connectivity index (χ4n) is 2.10. The summed E-state index contributed by atoms with van der Waals surface area (Å²) in [6.07, 6.45) is 0. The van der Waals surface area contributed by atoms with E-state index in [0.29, 0.717) is 17.2 Å². The first-order valence-corrected chi connectivity index (χ1v) is 7.23. The molecule has 0 aliphatic rings. The molecule has 0 spiro atoms. The molecular weight excluding hydrogens is 289 g/mol. The lowest BCUT2D eigenvalue weighted by atomic mass is 10.0. The van der Waals surface area contributed by atoms with E-state index in [4.69, 9.17) is 22.1 Å². The molecule has 21 heavy (non-hydrogen) atoms. The molecule has 112 valence electrons. The number of hydrogen-bond donors (Lipinski definition) is 1. The summed E-state index contributed by atoms with van der Waals surface area (Å²) in [5.41, 5.74) is 8.37. The topological polar surface area (TPSA) is 35.2 Å². The van der Waals surface area contributed by atoms with E-state index in [9.17, 15) is 4.39 Å². The van der Waals surface area contributed by atoms with Gasteiger partial charge in [-0.25, -0.2) is 4.39 Å². The number of rotatable bonds is 4. The van der Waals surface area contributed by atoms with E-state index in [1.165, 1.54) is 6.07 Å². The summed E-state index contributed by atoms with van der Waals surface area (Å²) in [6.45, 7) is 6.22. The third kappa shape index (κ3) is 3.67. The van der Waals surface area contributed by atoms with Gasteiger partial charge in [0.1, 0.15) is 18.2 Å². The molecule has 2 rings (SSSR count). The maximum absolute atomic E-state index is 13.7. The molecule has 0 atom stereocenters. The normalized spacial score (nSPS) is 11.0. The molecule has 0 saturated heterocycles. The van der Waals surface area contributed by atoms with Gasteiger partial charge < -0.3 is 10.5 Å². The van der Waals surface area contributed by atoms with E-state index in [0.717, 1.165) is 21.9 Å². The number of anilines is 1. The second-order valence-corrected chi connectivity index (χ2v) is 5.84. The molecule has 0 aromatic heterocycles. The van der Waals surface area contributed by atoms with E-state index in [1.807, 2.05) is 19.1 Å². The monoisotopic (exact) mass is 307 g/mol. The number of hydrogen-bond acceptors (Lipinski definition) is 2. The number of nitrogens with two attached hydrogens (primary N) is 1. The number of benzene rings is 2. The zero-order valence-corrected chi connectivity index (χ0v) is 13.2. The van der Waals surface area contributed by atoms with Crippen LogP contribution in [0.2, 0.25) is 5.02 Å². The van der Waals surface area contributed by atoms with Gasteiger partial charge in [-0.1, -0.05) is 31.5 Å². The number of ether oxygens (including phenoxy) is 1. The van der Waals surface area contributed by atoms with Crippen LogP contribution in [0, 0.1) is 12.7 Å². The molecule has 2 nitrogen and oxygen atoms in total. The Bertz CT molecular complexity index is 655. The quantitative estimate of drug-likeness (QED) is 0.800. The highest BCUT2D eigenvalue weighted by atomic mass is 35.5. The minimum atomic E-state index is -0.356. The molecule has 4 heteroatoms. The lowest BCUT2D eigenvalue weighted by Crippen LogP contribution is -2.02. The van der Waals surface area contributed by atoms with Crippen molar-refractivity contribution in [3.63, 3.8) is 0 Å². The lowest BCUT2D eigenvalue weighted by molar-refractivity contribution is 0.297. The van der Waals surface area contributed by atoms with E-state index >= 15 is 0 Å². The molecule has 0 saturated carbocycles. The Balaban J connectivity index is 2.21. The maximum atomic E-state index is 13.7. The Morgan fingerprint density at radius 1 is 1.24 bits per heavy atom. The number of halogens is 2. The van der Waals surface area contributed by atoms with Crippen LogP contribution in [0.15, 0.2) is 30.3 Å². The fraction of sp³-hybridized carbons (Fsp3) is 0.294. The van der Waals surface area contributed by atoms with Crippen molar-refractivity contribution in [2.45, 2.75) is 33.3 Å². The van der Waals surface area contributed by atoms with Gasteiger partial charge in [-0.15, -0.1) is 0 Å². The average molecular weight is 308 g/mol. The Kier molecular flexibility index (Phi) is 4.73. The van der Waals surface area contributed by atoms with E-state index in [2.05, 4.69) is 13.8 Å². The molecule has 2 aromatic carbocycles. The molecule has 2 aromatic rings. The Morgan fingerprint density at radius 2 is 1.95 bits per heavy atom. The molecule has 0 radical (unpaired) electrons. The van der Waals surface area contributed by atoms with Crippen molar-refractivity contribution in [2.75, 3.05) is 5.73 Å². The van der Waals surface area contributed by atoms with E-state index < -0.39 is 0 Å². The van der Waals surface area contributed by atoms with Crippen LogP contribution < -0.4 is 10.5 Å². The van der Waals surface area contributed by atoms with Crippen molar-refractivity contribution < 1.29 is 9.13 Å².